The van der Waals surface area contributed by atoms with Crippen LogP contribution in [0, 0.1) is 5.92 Å². The van der Waals surface area contributed by atoms with Crippen molar-refractivity contribution in [2.45, 2.75) is 18.3 Å². The minimum absolute atomic E-state index is 0.0395. The Morgan fingerprint density at radius 2 is 1.50 bits per heavy atom. The molecule has 5 nitrogen and oxygen atoms in total. The van der Waals surface area contributed by atoms with Gasteiger partial charge in [-0.1, -0.05) is 60.7 Å². The number of rotatable bonds is 7. The topological polar surface area (TPSA) is 89.4 Å². The largest absolute Gasteiger partial charge is 0.370 e. The van der Waals surface area contributed by atoms with Crippen molar-refractivity contribution in [1.29, 1.82) is 0 Å². The smallest absolute Gasteiger partial charge is 0.232 e. The predicted octanol–water partition coefficient (Wildman–Crippen LogP) is 1.66. The van der Waals surface area contributed by atoms with Gasteiger partial charge in [0.2, 0.25) is 11.8 Å². The molecule has 136 valence electrons. The van der Waals surface area contributed by atoms with Crippen molar-refractivity contribution in [2.75, 3.05) is 19.6 Å². The van der Waals surface area contributed by atoms with Gasteiger partial charge in [-0.25, -0.2) is 0 Å². The summed E-state index contributed by atoms with van der Waals surface area (Å²) in [7, 11) is 0. The zero-order valence-corrected chi connectivity index (χ0v) is 14.8. The van der Waals surface area contributed by atoms with Crippen LogP contribution in [0.5, 0.6) is 0 Å². The van der Waals surface area contributed by atoms with Crippen LogP contribution >= 0.6 is 0 Å². The monoisotopic (exact) mass is 351 g/mol. The van der Waals surface area contributed by atoms with Gasteiger partial charge < -0.3 is 16.4 Å². The summed E-state index contributed by atoms with van der Waals surface area (Å²) < 4.78 is 0. The van der Waals surface area contributed by atoms with Crippen molar-refractivity contribution in [3.8, 4) is 0 Å². The van der Waals surface area contributed by atoms with Crippen molar-refractivity contribution >= 4 is 11.8 Å². The highest BCUT2D eigenvalue weighted by Crippen LogP contribution is 2.43. The molecule has 0 bridgehead atoms. The zero-order valence-electron chi connectivity index (χ0n) is 14.8. The lowest BCUT2D eigenvalue weighted by Crippen LogP contribution is -2.49. The second-order valence-corrected chi connectivity index (χ2v) is 6.91. The van der Waals surface area contributed by atoms with Gasteiger partial charge in [0.25, 0.3) is 0 Å². The molecule has 2 aromatic carbocycles. The Balaban J connectivity index is 2.02. The number of benzene rings is 2. The molecule has 0 spiro atoms. The average molecular weight is 351 g/mol. The summed E-state index contributed by atoms with van der Waals surface area (Å²) in [5.74, 6) is -0.602. The van der Waals surface area contributed by atoms with E-state index in [0.29, 0.717) is 19.5 Å². The molecule has 0 saturated carbocycles. The lowest BCUT2D eigenvalue weighted by molar-refractivity contribution is -0.124. The number of nitrogens with zero attached hydrogens (tertiary/aromatic N) is 1. The maximum Gasteiger partial charge on any atom is 0.232 e. The van der Waals surface area contributed by atoms with E-state index < -0.39 is 5.41 Å². The van der Waals surface area contributed by atoms with Gasteiger partial charge in [-0.3, -0.25) is 9.59 Å². The molecule has 1 saturated heterocycles. The fraction of sp³-hybridized carbons (Fsp3) is 0.333. The number of likely N-dealkylation sites (tertiary alicyclic amines) is 1. The molecule has 1 fully saturated rings. The van der Waals surface area contributed by atoms with Crippen LogP contribution in [0.2, 0.25) is 0 Å². The lowest BCUT2D eigenvalue weighted by Gasteiger charge is -2.37. The maximum absolute atomic E-state index is 12.9. The molecular formula is C21H25N3O2. The van der Waals surface area contributed by atoms with Gasteiger partial charge in [-0.15, -0.1) is 0 Å². The fourth-order valence-electron chi connectivity index (χ4n) is 4.18. The molecule has 26 heavy (non-hydrogen) atoms. The number of hydrogen-bond donors (Lipinski definition) is 2. The van der Waals surface area contributed by atoms with Crippen LogP contribution in [-0.4, -0.2) is 36.3 Å². The molecular weight excluding hydrogens is 326 g/mol. The van der Waals surface area contributed by atoms with E-state index >= 15 is 0 Å². The Bertz CT molecular complexity index is 722. The van der Waals surface area contributed by atoms with Crippen LogP contribution in [0.1, 0.15) is 24.0 Å². The standard InChI is InChI=1S/C21H25N3O2/c22-19(25)12-14-24-13-11-18(15-24)21(20(23)26,16-7-3-1-4-8-16)17-9-5-2-6-10-17/h1-10,18H,11-15H2,(H2,22,25)(H2,23,26)/t18-/m1/s1. The third-order valence-corrected chi connectivity index (χ3v) is 5.41. The minimum atomic E-state index is -0.885. The number of nitrogens with two attached hydrogens (primary N) is 2. The van der Waals surface area contributed by atoms with Crippen molar-refractivity contribution in [3.63, 3.8) is 0 Å². The van der Waals surface area contributed by atoms with Gasteiger partial charge in [0.1, 0.15) is 5.41 Å². The Kier molecular flexibility index (Phi) is 5.38. The van der Waals surface area contributed by atoms with E-state index in [1.165, 1.54) is 0 Å². The van der Waals surface area contributed by atoms with E-state index in [1.54, 1.807) is 0 Å². The molecule has 1 atom stereocenters. The number of primary amides is 2. The Labute approximate surface area is 154 Å². The van der Waals surface area contributed by atoms with Crippen LogP contribution in [0.4, 0.5) is 0 Å². The van der Waals surface area contributed by atoms with Gasteiger partial charge in [0.15, 0.2) is 0 Å². The third-order valence-electron chi connectivity index (χ3n) is 5.41. The summed E-state index contributed by atoms with van der Waals surface area (Å²) in [5, 5.41) is 0. The summed E-state index contributed by atoms with van der Waals surface area (Å²) in [6, 6.07) is 19.5. The average Bonchev–Trinajstić information content (AvgIpc) is 3.11. The first kappa shape index (κ1) is 18.1. The highest BCUT2D eigenvalue weighted by atomic mass is 16.1. The van der Waals surface area contributed by atoms with Gasteiger partial charge in [-0.2, -0.15) is 0 Å². The normalized spacial score (nSPS) is 17.9. The van der Waals surface area contributed by atoms with E-state index in [1.807, 2.05) is 60.7 Å². The molecule has 3 rings (SSSR count). The summed E-state index contributed by atoms with van der Waals surface area (Å²) in [5.41, 5.74) is 12.3. The van der Waals surface area contributed by atoms with Gasteiger partial charge in [-0.05, 0) is 30.0 Å². The molecule has 0 aromatic heterocycles. The highest BCUT2D eigenvalue weighted by molar-refractivity contribution is 5.91. The Morgan fingerprint density at radius 1 is 0.962 bits per heavy atom. The Morgan fingerprint density at radius 3 is 1.96 bits per heavy atom. The number of hydrogen-bond acceptors (Lipinski definition) is 3. The zero-order chi connectivity index (χ0) is 18.6. The van der Waals surface area contributed by atoms with Crippen molar-refractivity contribution < 1.29 is 9.59 Å². The summed E-state index contributed by atoms with van der Waals surface area (Å²) in [6.07, 6.45) is 1.17. The number of amides is 2. The van der Waals surface area contributed by atoms with Crippen molar-refractivity contribution in [2.24, 2.45) is 17.4 Å². The molecule has 0 unspecified atom stereocenters. The lowest BCUT2D eigenvalue weighted by atomic mass is 9.64. The summed E-state index contributed by atoms with van der Waals surface area (Å²) in [4.78, 5) is 26.2. The fourth-order valence-corrected chi connectivity index (χ4v) is 4.18. The van der Waals surface area contributed by atoms with Crippen LogP contribution in [0.3, 0.4) is 0 Å². The van der Waals surface area contributed by atoms with Crippen LogP contribution < -0.4 is 11.5 Å². The first-order valence-corrected chi connectivity index (χ1v) is 8.96. The van der Waals surface area contributed by atoms with Crippen molar-refractivity contribution in [3.05, 3.63) is 71.8 Å². The SMILES string of the molecule is NC(=O)CCN1CC[C@@H](C(C(N)=O)(c2ccccc2)c2ccccc2)C1. The van der Waals surface area contributed by atoms with Crippen LogP contribution in [0.25, 0.3) is 0 Å². The molecule has 0 radical (unpaired) electrons. The maximum atomic E-state index is 12.9. The molecule has 1 aliphatic rings. The van der Waals surface area contributed by atoms with Gasteiger partial charge >= 0.3 is 0 Å². The number of carbonyl (C=O) groups excluding carboxylic acids is 2. The number of carbonyl (C=O) groups is 2. The van der Waals surface area contributed by atoms with E-state index in [4.69, 9.17) is 11.5 Å². The van der Waals surface area contributed by atoms with Gasteiger partial charge in [0.05, 0.1) is 0 Å². The van der Waals surface area contributed by atoms with E-state index in [9.17, 15) is 9.59 Å². The molecule has 1 aliphatic heterocycles. The second-order valence-electron chi connectivity index (χ2n) is 6.91. The molecule has 5 heteroatoms. The molecule has 2 amide bonds. The quantitative estimate of drug-likeness (QED) is 0.795. The van der Waals surface area contributed by atoms with Gasteiger partial charge in [0, 0.05) is 19.5 Å². The first-order chi connectivity index (χ1) is 12.5. The van der Waals surface area contributed by atoms with E-state index in [2.05, 4.69) is 4.90 Å². The van der Waals surface area contributed by atoms with Crippen LogP contribution in [0.15, 0.2) is 60.7 Å². The summed E-state index contributed by atoms with van der Waals surface area (Å²) >= 11 is 0. The predicted molar refractivity (Wildman–Crippen MR) is 101 cm³/mol. The highest BCUT2D eigenvalue weighted by Gasteiger charge is 2.49. The van der Waals surface area contributed by atoms with Crippen molar-refractivity contribution in [1.82, 2.24) is 4.90 Å². The Hall–Kier alpha value is -2.66. The minimum Gasteiger partial charge on any atom is -0.370 e. The molecule has 2 aromatic rings. The van der Waals surface area contributed by atoms with E-state index in [-0.39, 0.29) is 17.7 Å². The second kappa shape index (κ2) is 7.70. The summed E-state index contributed by atoms with van der Waals surface area (Å²) in [6.45, 7) is 2.15. The first-order valence-electron chi connectivity index (χ1n) is 8.96. The van der Waals surface area contributed by atoms with E-state index in [0.717, 1.165) is 24.1 Å². The molecule has 0 aliphatic carbocycles. The third kappa shape index (κ3) is 3.35. The molecule has 1 heterocycles. The molecule has 4 N–H and O–H groups in total. The van der Waals surface area contributed by atoms with Crippen LogP contribution in [-0.2, 0) is 15.0 Å².